The molecule has 0 N–H and O–H groups in total. The van der Waals surface area contributed by atoms with Gasteiger partial charge < -0.3 is 14.5 Å². The maximum Gasteiger partial charge on any atom is 0.253 e. The Kier molecular flexibility index (Phi) is 8.99. The molecule has 12 heteroatoms. The van der Waals surface area contributed by atoms with Crippen LogP contribution in [0.4, 0.5) is 0 Å². The first-order chi connectivity index (χ1) is 15.4. The highest BCUT2D eigenvalue weighted by atomic mass is 35.5. The fourth-order valence-corrected chi connectivity index (χ4v) is 6.22. The highest BCUT2D eigenvalue weighted by Gasteiger charge is 2.31. The smallest absolute Gasteiger partial charge is 0.253 e. The summed E-state index contributed by atoms with van der Waals surface area (Å²) in [7, 11) is -3.81. The van der Waals surface area contributed by atoms with E-state index in [1.165, 1.54) is 16.4 Å². The summed E-state index contributed by atoms with van der Waals surface area (Å²) in [5.74, 6) is -0.0800. The molecule has 4 rings (SSSR count). The zero-order valence-electron chi connectivity index (χ0n) is 18.4. The van der Waals surface area contributed by atoms with Gasteiger partial charge in [-0.3, -0.25) is 14.5 Å². The predicted octanol–water partition coefficient (Wildman–Crippen LogP) is 1.16. The number of carbonyl (C=O) groups is 2. The molecule has 0 aromatic heterocycles. The van der Waals surface area contributed by atoms with Crippen LogP contribution in [-0.2, 0) is 19.6 Å². The van der Waals surface area contributed by atoms with E-state index in [-0.39, 0.29) is 47.2 Å². The van der Waals surface area contributed by atoms with Crippen LogP contribution < -0.4 is 0 Å². The molecule has 0 aliphatic carbocycles. The van der Waals surface area contributed by atoms with Crippen molar-refractivity contribution >= 4 is 45.8 Å². The zero-order valence-corrected chi connectivity index (χ0v) is 20.8. The molecule has 3 aliphatic rings. The Morgan fingerprint density at radius 2 is 1.55 bits per heavy atom. The number of halogens is 2. The van der Waals surface area contributed by atoms with Crippen molar-refractivity contribution in [3.8, 4) is 0 Å². The SMILES string of the molecule is Cl.O=C(CN1CCN(C(=O)c2ccc(Cl)c(S(=O)(=O)N3CCOCC3)c2)CC1)N1CCCC1. The summed E-state index contributed by atoms with van der Waals surface area (Å²) in [4.78, 5) is 31.1. The molecule has 1 aromatic rings. The van der Waals surface area contributed by atoms with Gasteiger partial charge in [0.1, 0.15) is 4.90 Å². The van der Waals surface area contributed by atoms with Gasteiger partial charge in [0.15, 0.2) is 0 Å². The molecule has 3 aliphatic heterocycles. The third kappa shape index (κ3) is 5.98. The molecule has 0 radical (unpaired) electrons. The Morgan fingerprint density at radius 3 is 2.18 bits per heavy atom. The van der Waals surface area contributed by atoms with Gasteiger partial charge in [-0.15, -0.1) is 12.4 Å². The molecular weight excluding hydrogens is 491 g/mol. The van der Waals surface area contributed by atoms with Crippen LogP contribution >= 0.6 is 24.0 Å². The molecule has 33 heavy (non-hydrogen) atoms. The minimum Gasteiger partial charge on any atom is -0.379 e. The third-order valence-electron chi connectivity index (χ3n) is 6.24. The van der Waals surface area contributed by atoms with Gasteiger partial charge in [-0.2, -0.15) is 4.31 Å². The van der Waals surface area contributed by atoms with E-state index in [9.17, 15) is 18.0 Å². The van der Waals surface area contributed by atoms with Gasteiger partial charge in [-0.05, 0) is 31.0 Å². The second kappa shape index (κ2) is 11.3. The molecule has 184 valence electrons. The van der Waals surface area contributed by atoms with Gasteiger partial charge >= 0.3 is 0 Å². The minimum atomic E-state index is -3.81. The van der Waals surface area contributed by atoms with E-state index in [2.05, 4.69) is 4.90 Å². The molecule has 0 atom stereocenters. The summed E-state index contributed by atoms with van der Waals surface area (Å²) in [6, 6.07) is 4.40. The number of hydrogen-bond donors (Lipinski definition) is 0. The van der Waals surface area contributed by atoms with Crippen molar-refractivity contribution in [1.82, 2.24) is 19.0 Å². The van der Waals surface area contributed by atoms with Crippen molar-refractivity contribution < 1.29 is 22.7 Å². The molecule has 9 nitrogen and oxygen atoms in total. The lowest BCUT2D eigenvalue weighted by Gasteiger charge is -2.35. The summed E-state index contributed by atoms with van der Waals surface area (Å²) in [6.45, 7) is 5.43. The zero-order chi connectivity index (χ0) is 22.7. The van der Waals surface area contributed by atoms with Crippen molar-refractivity contribution in [2.24, 2.45) is 0 Å². The van der Waals surface area contributed by atoms with Gasteiger partial charge in [0.2, 0.25) is 15.9 Å². The van der Waals surface area contributed by atoms with E-state index in [1.807, 2.05) is 4.90 Å². The second-order valence-electron chi connectivity index (χ2n) is 8.32. The lowest BCUT2D eigenvalue weighted by molar-refractivity contribution is -0.131. The van der Waals surface area contributed by atoms with Crippen LogP contribution in [0.3, 0.4) is 0 Å². The lowest BCUT2D eigenvalue weighted by Crippen LogP contribution is -2.51. The van der Waals surface area contributed by atoms with Crippen molar-refractivity contribution in [3.63, 3.8) is 0 Å². The molecule has 2 amide bonds. The van der Waals surface area contributed by atoms with Gasteiger partial charge in [-0.25, -0.2) is 8.42 Å². The Labute approximate surface area is 206 Å². The summed E-state index contributed by atoms with van der Waals surface area (Å²) >= 11 is 6.21. The fraction of sp³-hybridized carbons (Fsp3) is 0.619. The number of ether oxygens (including phenoxy) is 1. The van der Waals surface area contributed by atoms with Crippen molar-refractivity contribution in [2.45, 2.75) is 17.7 Å². The van der Waals surface area contributed by atoms with Crippen LogP contribution in [0.1, 0.15) is 23.2 Å². The Hall–Kier alpha value is -1.43. The first-order valence-corrected chi connectivity index (χ1v) is 12.8. The summed E-state index contributed by atoms with van der Waals surface area (Å²) in [6.07, 6.45) is 2.14. The van der Waals surface area contributed by atoms with Crippen LogP contribution in [0.5, 0.6) is 0 Å². The van der Waals surface area contributed by atoms with Gasteiger partial charge in [0.05, 0.1) is 24.8 Å². The lowest BCUT2D eigenvalue weighted by atomic mass is 10.2. The molecular formula is C21H30Cl2N4O5S. The normalized spacial score (nSPS) is 20.5. The number of morpholine rings is 1. The number of likely N-dealkylation sites (tertiary alicyclic amines) is 1. The van der Waals surface area contributed by atoms with E-state index in [0.29, 0.717) is 51.5 Å². The van der Waals surface area contributed by atoms with Crippen molar-refractivity contribution in [3.05, 3.63) is 28.8 Å². The number of rotatable bonds is 5. The molecule has 3 heterocycles. The van der Waals surface area contributed by atoms with Crippen molar-refractivity contribution in [1.29, 1.82) is 0 Å². The molecule has 1 aromatic carbocycles. The minimum absolute atomic E-state index is 0. The number of carbonyl (C=O) groups excluding carboxylic acids is 2. The number of benzene rings is 1. The average Bonchev–Trinajstić information content (AvgIpc) is 3.35. The Morgan fingerprint density at radius 1 is 0.909 bits per heavy atom. The Bertz CT molecular complexity index is 957. The summed E-state index contributed by atoms with van der Waals surface area (Å²) in [5.41, 5.74) is 0.294. The fourth-order valence-electron chi connectivity index (χ4n) is 4.31. The van der Waals surface area contributed by atoms with Crippen LogP contribution in [0.2, 0.25) is 5.02 Å². The predicted molar refractivity (Wildman–Crippen MR) is 126 cm³/mol. The van der Waals surface area contributed by atoms with Gasteiger partial charge in [0.25, 0.3) is 5.91 Å². The number of piperazine rings is 1. The topological polar surface area (TPSA) is 90.5 Å². The van der Waals surface area contributed by atoms with Crippen LogP contribution in [-0.4, -0.2) is 111 Å². The standard InChI is InChI=1S/C21H29ClN4O5S.ClH/c22-18-4-3-17(15-19(18)32(29,30)26-11-13-31-14-12-26)21(28)25-9-7-23(8-10-25)16-20(27)24-5-1-2-6-24;/h3-4,15H,1-2,5-14,16H2;1H. The molecule has 3 fully saturated rings. The molecule has 3 saturated heterocycles. The van der Waals surface area contributed by atoms with Gasteiger partial charge in [-0.1, -0.05) is 11.6 Å². The summed E-state index contributed by atoms with van der Waals surface area (Å²) < 4.78 is 32.6. The number of nitrogens with zero attached hydrogens (tertiary/aromatic N) is 4. The maximum atomic E-state index is 13.1. The second-order valence-corrected chi connectivity index (χ2v) is 10.6. The van der Waals surface area contributed by atoms with Crippen LogP contribution in [0.15, 0.2) is 23.1 Å². The van der Waals surface area contributed by atoms with Gasteiger partial charge in [0, 0.05) is 57.9 Å². The van der Waals surface area contributed by atoms with Crippen molar-refractivity contribution in [2.75, 3.05) is 72.1 Å². The Balaban J connectivity index is 0.00000306. The molecule has 0 saturated carbocycles. The molecule has 0 unspecified atom stereocenters. The summed E-state index contributed by atoms with van der Waals surface area (Å²) in [5, 5.41) is 0.0956. The van der Waals surface area contributed by atoms with E-state index < -0.39 is 10.0 Å². The molecule has 0 spiro atoms. The van der Waals surface area contributed by atoms with E-state index in [1.54, 1.807) is 11.0 Å². The van der Waals surface area contributed by atoms with Crippen LogP contribution in [0.25, 0.3) is 0 Å². The quantitative estimate of drug-likeness (QED) is 0.578. The van der Waals surface area contributed by atoms with Crippen LogP contribution in [0, 0.1) is 0 Å². The van der Waals surface area contributed by atoms with E-state index in [0.717, 1.165) is 25.9 Å². The average molecular weight is 521 g/mol. The van der Waals surface area contributed by atoms with E-state index in [4.69, 9.17) is 16.3 Å². The maximum absolute atomic E-state index is 13.1. The largest absolute Gasteiger partial charge is 0.379 e. The first-order valence-electron chi connectivity index (χ1n) is 11.0. The third-order valence-corrected chi connectivity index (χ3v) is 8.62. The number of hydrogen-bond acceptors (Lipinski definition) is 6. The highest BCUT2D eigenvalue weighted by Crippen LogP contribution is 2.27. The highest BCUT2D eigenvalue weighted by molar-refractivity contribution is 7.89. The first kappa shape index (κ1) is 26.2. The molecule has 0 bridgehead atoms. The monoisotopic (exact) mass is 520 g/mol. The number of sulfonamides is 1. The number of amides is 2. The van der Waals surface area contributed by atoms with E-state index >= 15 is 0 Å².